The molecule has 1 fully saturated rings. The highest BCUT2D eigenvalue weighted by molar-refractivity contribution is 14.1. The fourth-order valence-electron chi connectivity index (χ4n) is 2.52. The number of halogens is 3. The number of carbonyl (C=O) groups excluding carboxylic acids is 2. The predicted molar refractivity (Wildman–Crippen MR) is 114 cm³/mol. The molecule has 0 bridgehead atoms. The molecule has 0 radical (unpaired) electrons. The normalized spacial score (nSPS) is 15.6. The van der Waals surface area contributed by atoms with E-state index in [1.807, 2.05) is 6.07 Å². The topological polar surface area (TPSA) is 64.6 Å². The molecule has 1 saturated heterocycles. The molecular weight excluding hydrogens is 515 g/mol. The van der Waals surface area contributed by atoms with E-state index in [0.717, 1.165) is 21.4 Å². The zero-order valence-corrected chi connectivity index (χ0v) is 18.4. The van der Waals surface area contributed by atoms with Crippen molar-refractivity contribution in [2.45, 2.75) is 25.4 Å². The van der Waals surface area contributed by atoms with Crippen LogP contribution < -0.4 is 5.32 Å². The predicted octanol–water partition coefficient (Wildman–Crippen LogP) is 4.96. The number of ether oxygens (including phenoxy) is 2. The van der Waals surface area contributed by atoms with E-state index in [2.05, 4.69) is 27.9 Å². The number of cyclic esters (lactones) is 2. The van der Waals surface area contributed by atoms with Crippen molar-refractivity contribution in [3.63, 3.8) is 0 Å². The fourth-order valence-corrected chi connectivity index (χ4v) is 4.08. The number of benzene rings is 2. The number of esters is 2. The summed E-state index contributed by atoms with van der Waals surface area (Å²) in [6, 6.07) is 11.1. The first-order chi connectivity index (χ1) is 13.7. The Morgan fingerprint density at radius 1 is 1.10 bits per heavy atom. The Bertz CT molecular complexity index is 988. The maximum absolute atomic E-state index is 14.0. The third-order valence-corrected chi connectivity index (χ3v) is 5.52. The van der Waals surface area contributed by atoms with E-state index in [1.165, 1.54) is 26.0 Å². The maximum atomic E-state index is 14.0. The van der Waals surface area contributed by atoms with Crippen LogP contribution in [0, 0.1) is 15.2 Å². The fraction of sp³-hybridized carbons (Fsp3) is 0.200. The molecule has 0 aliphatic carbocycles. The van der Waals surface area contributed by atoms with Crippen molar-refractivity contribution in [3.8, 4) is 0 Å². The molecule has 0 spiro atoms. The number of hydrogen-bond acceptors (Lipinski definition) is 6. The van der Waals surface area contributed by atoms with Gasteiger partial charge in [0.1, 0.15) is 0 Å². The van der Waals surface area contributed by atoms with Crippen LogP contribution in [0.15, 0.2) is 53.1 Å². The van der Waals surface area contributed by atoms with Crippen molar-refractivity contribution in [1.82, 2.24) is 0 Å². The van der Waals surface area contributed by atoms with Crippen LogP contribution >= 0.6 is 34.4 Å². The van der Waals surface area contributed by atoms with E-state index in [4.69, 9.17) is 9.47 Å². The van der Waals surface area contributed by atoms with Crippen molar-refractivity contribution in [2.75, 3.05) is 5.32 Å². The second kappa shape index (κ2) is 8.70. The molecule has 29 heavy (non-hydrogen) atoms. The van der Waals surface area contributed by atoms with E-state index in [9.17, 15) is 18.4 Å². The van der Waals surface area contributed by atoms with Crippen LogP contribution in [0.5, 0.6) is 0 Å². The summed E-state index contributed by atoms with van der Waals surface area (Å²) < 4.78 is 38.8. The lowest BCUT2D eigenvalue weighted by Crippen LogP contribution is -2.42. The molecule has 0 atom stereocenters. The lowest BCUT2D eigenvalue weighted by Gasteiger charge is -2.30. The minimum atomic E-state index is -1.38. The first-order valence-corrected chi connectivity index (χ1v) is 10.5. The zero-order valence-electron chi connectivity index (χ0n) is 15.4. The first-order valence-electron chi connectivity index (χ1n) is 8.45. The number of nitrogens with one attached hydrogen (secondary N) is 1. The van der Waals surface area contributed by atoms with Crippen molar-refractivity contribution in [3.05, 3.63) is 73.8 Å². The molecule has 1 heterocycles. The number of carbonyl (C=O) groups is 2. The molecule has 9 heteroatoms. The summed E-state index contributed by atoms with van der Waals surface area (Å²) in [6.07, 6.45) is 0. The van der Waals surface area contributed by atoms with Crippen molar-refractivity contribution in [2.24, 2.45) is 0 Å². The lowest BCUT2D eigenvalue weighted by molar-refractivity contribution is -0.222. The molecule has 0 aromatic heterocycles. The van der Waals surface area contributed by atoms with Crippen LogP contribution in [0.4, 0.5) is 14.5 Å². The van der Waals surface area contributed by atoms with Crippen molar-refractivity contribution < 1.29 is 27.8 Å². The number of anilines is 1. The minimum Gasteiger partial charge on any atom is -0.419 e. The van der Waals surface area contributed by atoms with E-state index < -0.39 is 29.4 Å². The van der Waals surface area contributed by atoms with E-state index in [0.29, 0.717) is 5.69 Å². The monoisotopic (exact) mass is 531 g/mol. The van der Waals surface area contributed by atoms with Crippen molar-refractivity contribution >= 4 is 52.0 Å². The van der Waals surface area contributed by atoms with Gasteiger partial charge in [-0.1, -0.05) is 18.2 Å². The molecule has 1 aliphatic heterocycles. The molecular formula is C20H16F2INO4S. The summed E-state index contributed by atoms with van der Waals surface area (Å²) in [5.41, 5.74) is 0.373. The van der Waals surface area contributed by atoms with Gasteiger partial charge in [-0.3, -0.25) is 0 Å². The lowest BCUT2D eigenvalue weighted by atomic mass is 10.2. The van der Waals surface area contributed by atoms with Gasteiger partial charge in [0, 0.05) is 34.4 Å². The van der Waals surface area contributed by atoms with Gasteiger partial charge in [-0.2, -0.15) is 0 Å². The smallest absolute Gasteiger partial charge is 0.351 e. The van der Waals surface area contributed by atoms with Gasteiger partial charge in [0.15, 0.2) is 17.2 Å². The summed E-state index contributed by atoms with van der Waals surface area (Å²) in [5, 5.41) is 3.13. The standard InChI is InChI=1S/C20H16F2INO4S/c1-20(2)27-18(25)15(19(26)28-20)17(24-13-7-4-6-12(23)9-13)29-10-11-5-3-8-14(21)16(11)22/h3-9,24H,10H2,1-2H3. The summed E-state index contributed by atoms with van der Waals surface area (Å²) in [6.45, 7) is 2.89. The van der Waals surface area contributed by atoms with Crippen LogP contribution in [-0.4, -0.2) is 17.7 Å². The Hall–Kier alpha value is -2.14. The molecule has 2 aromatic rings. The SMILES string of the molecule is CC1(C)OC(=O)C(=C(Nc2cccc(I)c2)SCc2cccc(F)c2F)C(=O)O1. The van der Waals surface area contributed by atoms with E-state index >= 15 is 0 Å². The molecule has 3 rings (SSSR count). The molecule has 1 aliphatic rings. The Balaban J connectivity index is 1.96. The molecule has 5 nitrogen and oxygen atoms in total. The average Bonchev–Trinajstić information content (AvgIpc) is 2.61. The Kier molecular flexibility index (Phi) is 6.47. The highest BCUT2D eigenvalue weighted by Gasteiger charge is 2.41. The Morgan fingerprint density at radius 3 is 2.41 bits per heavy atom. The number of hydrogen-bond donors (Lipinski definition) is 1. The van der Waals surface area contributed by atoms with Gasteiger partial charge < -0.3 is 14.8 Å². The van der Waals surface area contributed by atoms with Crippen LogP contribution in [0.25, 0.3) is 0 Å². The average molecular weight is 531 g/mol. The van der Waals surface area contributed by atoms with Gasteiger partial charge in [0.05, 0.1) is 5.03 Å². The van der Waals surface area contributed by atoms with Gasteiger partial charge in [-0.25, -0.2) is 18.4 Å². The zero-order chi connectivity index (χ0) is 21.2. The van der Waals surface area contributed by atoms with Crippen LogP contribution in [-0.2, 0) is 24.8 Å². The third-order valence-electron chi connectivity index (χ3n) is 3.80. The highest BCUT2D eigenvalue weighted by Crippen LogP contribution is 2.32. The van der Waals surface area contributed by atoms with Crippen LogP contribution in [0.1, 0.15) is 19.4 Å². The Morgan fingerprint density at radius 2 is 1.76 bits per heavy atom. The Labute approximate surface area is 184 Å². The molecule has 2 aromatic carbocycles. The van der Waals surface area contributed by atoms with Gasteiger partial charge in [0.2, 0.25) is 0 Å². The minimum absolute atomic E-state index is 0.0245. The second-order valence-electron chi connectivity index (χ2n) is 6.52. The molecule has 152 valence electrons. The largest absolute Gasteiger partial charge is 0.419 e. The van der Waals surface area contributed by atoms with E-state index in [1.54, 1.807) is 18.2 Å². The van der Waals surface area contributed by atoms with Crippen molar-refractivity contribution in [1.29, 1.82) is 0 Å². The van der Waals surface area contributed by atoms with Gasteiger partial charge >= 0.3 is 11.9 Å². The summed E-state index contributed by atoms with van der Waals surface area (Å²) in [5.74, 6) is -5.07. The maximum Gasteiger partial charge on any atom is 0.351 e. The van der Waals surface area contributed by atoms with Crippen LogP contribution in [0.3, 0.4) is 0 Å². The molecule has 0 amide bonds. The number of thioether (sulfide) groups is 1. The van der Waals surface area contributed by atoms with Gasteiger partial charge in [-0.05, 0) is 46.9 Å². The molecule has 0 saturated carbocycles. The molecule has 1 N–H and O–H groups in total. The van der Waals surface area contributed by atoms with Gasteiger partial charge in [-0.15, -0.1) is 11.8 Å². The third kappa shape index (κ3) is 5.27. The van der Waals surface area contributed by atoms with Crippen LogP contribution in [0.2, 0.25) is 0 Å². The summed E-state index contributed by atoms with van der Waals surface area (Å²) in [4.78, 5) is 25.0. The summed E-state index contributed by atoms with van der Waals surface area (Å²) >= 11 is 3.09. The second-order valence-corrected chi connectivity index (χ2v) is 8.75. The number of rotatable bonds is 5. The summed E-state index contributed by atoms with van der Waals surface area (Å²) in [7, 11) is 0. The van der Waals surface area contributed by atoms with E-state index in [-0.39, 0.29) is 21.9 Å². The van der Waals surface area contributed by atoms with Gasteiger partial charge in [0.25, 0.3) is 5.79 Å². The quantitative estimate of drug-likeness (QED) is 0.255. The molecule has 0 unspecified atom stereocenters. The first kappa shape index (κ1) is 21.6. The highest BCUT2D eigenvalue weighted by atomic mass is 127.